The van der Waals surface area contributed by atoms with Gasteiger partial charge in [-0.1, -0.05) is 79.9 Å². The van der Waals surface area contributed by atoms with Gasteiger partial charge in [-0.2, -0.15) is 26.3 Å². The lowest BCUT2D eigenvalue weighted by Gasteiger charge is -2.45. The smallest absolute Gasteiger partial charge is 0.311 e. The molecular weight excluding hydrogens is 564 g/mol. The molecule has 2 aliphatic rings. The second kappa shape index (κ2) is 13.8. The van der Waals surface area contributed by atoms with Crippen molar-refractivity contribution in [3.05, 3.63) is 107 Å². The fraction of sp³-hybridized carbons (Fsp3) is 0.471. The maximum Gasteiger partial charge on any atom is 0.416 e. The van der Waals surface area contributed by atoms with Crippen LogP contribution in [0.4, 0.5) is 26.3 Å². The van der Waals surface area contributed by atoms with Crippen molar-refractivity contribution in [2.75, 3.05) is 32.7 Å². The molecule has 3 nitrogen and oxygen atoms in total. The molecule has 1 saturated heterocycles. The van der Waals surface area contributed by atoms with Crippen molar-refractivity contribution in [2.24, 2.45) is 0 Å². The summed E-state index contributed by atoms with van der Waals surface area (Å²) >= 11 is 0. The van der Waals surface area contributed by atoms with Gasteiger partial charge in [-0.25, -0.2) is 0 Å². The Morgan fingerprint density at radius 3 is 1.67 bits per heavy atom. The summed E-state index contributed by atoms with van der Waals surface area (Å²) in [5.74, 6) is -0.0385. The molecule has 1 heterocycles. The Kier molecular flexibility index (Phi) is 10.1. The van der Waals surface area contributed by atoms with E-state index in [4.69, 9.17) is 0 Å². The number of nitrogens with one attached hydrogen (secondary N) is 1. The summed E-state index contributed by atoms with van der Waals surface area (Å²) in [5.41, 5.74) is -0.386. The van der Waals surface area contributed by atoms with Crippen LogP contribution in [0.15, 0.2) is 78.9 Å². The van der Waals surface area contributed by atoms with E-state index in [1.54, 1.807) is 0 Å². The first kappa shape index (κ1) is 31.5. The van der Waals surface area contributed by atoms with Crippen LogP contribution in [0.5, 0.6) is 0 Å². The van der Waals surface area contributed by atoms with Crippen molar-refractivity contribution >= 4 is 0 Å². The molecule has 0 radical (unpaired) electrons. The zero-order valence-electron chi connectivity index (χ0n) is 24.2. The summed E-state index contributed by atoms with van der Waals surface area (Å²) in [7, 11) is 0. The van der Waals surface area contributed by atoms with Gasteiger partial charge in [-0.15, -0.1) is 0 Å². The Labute approximate surface area is 249 Å². The molecule has 1 aliphatic heterocycles. The average Bonchev–Trinajstić information content (AvgIpc) is 3.01. The number of alkyl halides is 6. The second-order valence-electron chi connectivity index (χ2n) is 11.8. The second-order valence-corrected chi connectivity index (χ2v) is 11.8. The quantitative estimate of drug-likeness (QED) is 0.251. The first-order chi connectivity index (χ1) is 20.6. The Morgan fingerprint density at radius 2 is 1.19 bits per heavy atom. The molecular formula is C34H39F6N3. The number of nitrogens with zero attached hydrogens (tertiary/aromatic N) is 2. The fourth-order valence-electron chi connectivity index (χ4n) is 6.78. The number of hydrogen-bond acceptors (Lipinski definition) is 3. The first-order valence-corrected chi connectivity index (χ1v) is 15.2. The average molecular weight is 604 g/mol. The van der Waals surface area contributed by atoms with Crippen LogP contribution in [0, 0.1) is 0 Å². The van der Waals surface area contributed by atoms with E-state index < -0.39 is 23.5 Å². The van der Waals surface area contributed by atoms with Gasteiger partial charge in [-0.05, 0) is 47.7 Å². The van der Waals surface area contributed by atoms with Crippen molar-refractivity contribution in [3.8, 4) is 0 Å². The van der Waals surface area contributed by atoms with Crippen LogP contribution in [0.25, 0.3) is 0 Å². The SMILES string of the molecule is FC(F)(F)c1cc(CNCC(C(c2ccccc2)c2ccccc2)N2CCN(C3CCCCC3)CC2)cc(C(F)(F)F)c1. The Bertz CT molecular complexity index is 1210. The maximum atomic E-state index is 13.5. The van der Waals surface area contributed by atoms with Crippen molar-refractivity contribution in [3.63, 3.8) is 0 Å². The van der Waals surface area contributed by atoms with E-state index in [0.29, 0.717) is 12.6 Å². The maximum absolute atomic E-state index is 13.5. The van der Waals surface area contributed by atoms with Crippen LogP contribution in [-0.4, -0.2) is 54.6 Å². The monoisotopic (exact) mass is 603 g/mol. The number of halogens is 6. The lowest BCUT2D eigenvalue weighted by atomic mass is 9.83. The molecule has 3 aromatic rings. The fourth-order valence-corrected chi connectivity index (χ4v) is 6.78. The largest absolute Gasteiger partial charge is 0.416 e. The summed E-state index contributed by atoms with van der Waals surface area (Å²) in [6.45, 7) is 3.87. The van der Waals surface area contributed by atoms with Crippen LogP contribution < -0.4 is 5.32 Å². The summed E-state index contributed by atoms with van der Waals surface area (Å²) in [4.78, 5) is 5.05. The highest BCUT2D eigenvalue weighted by atomic mass is 19.4. The Hall–Kier alpha value is -2.88. The minimum Gasteiger partial charge on any atom is -0.311 e. The van der Waals surface area contributed by atoms with E-state index in [2.05, 4.69) is 39.4 Å². The van der Waals surface area contributed by atoms with Crippen LogP contribution in [-0.2, 0) is 18.9 Å². The van der Waals surface area contributed by atoms with Gasteiger partial charge in [0.1, 0.15) is 0 Å². The number of benzene rings is 3. The van der Waals surface area contributed by atoms with Gasteiger partial charge in [0.25, 0.3) is 0 Å². The van der Waals surface area contributed by atoms with Crippen LogP contribution in [0.3, 0.4) is 0 Å². The van der Waals surface area contributed by atoms with Crippen molar-refractivity contribution in [1.82, 2.24) is 15.1 Å². The van der Waals surface area contributed by atoms with Gasteiger partial charge in [0.2, 0.25) is 0 Å². The Morgan fingerprint density at radius 1 is 0.674 bits per heavy atom. The highest BCUT2D eigenvalue weighted by Crippen LogP contribution is 2.37. The van der Waals surface area contributed by atoms with Gasteiger partial charge in [0.05, 0.1) is 11.1 Å². The van der Waals surface area contributed by atoms with Crippen LogP contribution >= 0.6 is 0 Å². The molecule has 0 amide bonds. The Balaban J connectivity index is 1.40. The van der Waals surface area contributed by atoms with E-state index >= 15 is 0 Å². The summed E-state index contributed by atoms with van der Waals surface area (Å²) in [6.07, 6.45) is -3.43. The molecule has 1 atom stereocenters. The normalized spacial score (nSPS) is 18.7. The molecule has 43 heavy (non-hydrogen) atoms. The predicted molar refractivity (Wildman–Crippen MR) is 157 cm³/mol. The third-order valence-corrected chi connectivity index (χ3v) is 8.94. The topological polar surface area (TPSA) is 18.5 Å². The number of rotatable bonds is 9. The third kappa shape index (κ3) is 8.19. The van der Waals surface area contributed by atoms with Gasteiger partial charge < -0.3 is 5.32 Å². The molecule has 232 valence electrons. The van der Waals surface area contributed by atoms with Crippen molar-refractivity contribution < 1.29 is 26.3 Å². The molecule has 3 aromatic carbocycles. The zero-order chi connectivity index (χ0) is 30.5. The lowest BCUT2D eigenvalue weighted by molar-refractivity contribution is -0.143. The highest BCUT2D eigenvalue weighted by molar-refractivity contribution is 5.36. The van der Waals surface area contributed by atoms with Crippen LogP contribution in [0.2, 0.25) is 0 Å². The molecule has 1 aliphatic carbocycles. The molecule has 0 bridgehead atoms. The summed E-state index contributed by atoms with van der Waals surface area (Å²) < 4.78 is 80.9. The summed E-state index contributed by atoms with van der Waals surface area (Å²) in [6, 6.07) is 22.6. The van der Waals surface area contributed by atoms with Crippen molar-refractivity contribution in [1.29, 1.82) is 0 Å². The zero-order valence-corrected chi connectivity index (χ0v) is 24.2. The number of piperazine rings is 1. The molecule has 1 unspecified atom stereocenters. The summed E-state index contributed by atoms with van der Waals surface area (Å²) in [5, 5.41) is 3.26. The molecule has 9 heteroatoms. The molecule has 2 fully saturated rings. The molecule has 0 aromatic heterocycles. The van der Waals surface area contributed by atoms with Gasteiger partial charge in [-0.3, -0.25) is 9.80 Å². The van der Waals surface area contributed by atoms with E-state index in [9.17, 15) is 26.3 Å². The molecule has 1 N–H and O–H groups in total. The van der Waals surface area contributed by atoms with E-state index in [1.165, 1.54) is 32.1 Å². The van der Waals surface area contributed by atoms with Crippen molar-refractivity contribution in [2.45, 2.75) is 69.0 Å². The van der Waals surface area contributed by atoms with Gasteiger partial charge >= 0.3 is 12.4 Å². The molecule has 0 spiro atoms. The molecule has 1 saturated carbocycles. The van der Waals surface area contributed by atoms with Gasteiger partial charge in [0.15, 0.2) is 0 Å². The van der Waals surface area contributed by atoms with E-state index in [0.717, 1.165) is 49.4 Å². The predicted octanol–water partition coefficient (Wildman–Crippen LogP) is 7.96. The highest BCUT2D eigenvalue weighted by Gasteiger charge is 2.37. The number of hydrogen-bond donors (Lipinski definition) is 1. The standard InChI is InChI=1S/C34H39F6N3/c35-33(36,37)28-20-25(21-29(22-28)34(38,39)40)23-41-24-31(43-18-16-42(17-19-43)30-14-8-3-9-15-30)32(26-10-4-1-5-11-26)27-12-6-2-7-13-27/h1-2,4-7,10-13,20-22,30-32,41H,3,8-9,14-19,23-24H2. The first-order valence-electron chi connectivity index (χ1n) is 15.2. The lowest BCUT2D eigenvalue weighted by Crippen LogP contribution is -2.56. The third-order valence-electron chi connectivity index (χ3n) is 8.94. The molecule has 5 rings (SSSR count). The van der Waals surface area contributed by atoms with Gasteiger partial charge in [0, 0.05) is 57.3 Å². The van der Waals surface area contributed by atoms with E-state index in [-0.39, 0.29) is 30.1 Å². The minimum absolute atomic E-state index is 0.0385. The van der Waals surface area contributed by atoms with E-state index in [1.807, 2.05) is 36.4 Å². The minimum atomic E-state index is -4.87. The van der Waals surface area contributed by atoms with Crippen LogP contribution in [0.1, 0.15) is 65.8 Å².